The molecule has 0 aliphatic heterocycles. The maximum Gasteiger partial charge on any atom is 0.127 e. The van der Waals surface area contributed by atoms with Crippen LogP contribution in [-0.4, -0.2) is 35.5 Å². The van der Waals surface area contributed by atoms with Crippen LogP contribution >= 0.6 is 8.88 Å². The van der Waals surface area contributed by atoms with Crippen LogP contribution in [0, 0.1) is 0 Å². The Bertz CT molecular complexity index is 172. The van der Waals surface area contributed by atoms with Crippen LogP contribution in [-0.2, 0) is 0 Å². The second-order valence-corrected chi connectivity index (χ2v) is 4.87. The molecule has 0 heterocycles. The van der Waals surface area contributed by atoms with Crippen molar-refractivity contribution in [1.29, 1.82) is 0 Å². The first-order valence-electron chi connectivity index (χ1n) is 5.05. The molecule has 0 atom stereocenters. The summed E-state index contributed by atoms with van der Waals surface area (Å²) in [5.74, 6) is 0. The van der Waals surface area contributed by atoms with E-state index in [0.717, 1.165) is 26.2 Å². The molecule has 84 valence electrons. The lowest BCUT2D eigenvalue weighted by Crippen LogP contribution is -2.23. The average Bonchev–Trinajstić information content (AvgIpc) is 2.19. The van der Waals surface area contributed by atoms with Gasteiger partial charge in [0.05, 0.1) is 26.2 Å². The first-order valence-corrected chi connectivity index (χ1v) is 6.08. The van der Waals surface area contributed by atoms with Gasteiger partial charge in [0.15, 0.2) is 0 Å². The minimum Gasteiger partial charge on any atom is -0.160 e. The van der Waals surface area contributed by atoms with E-state index in [9.17, 15) is 0 Å². The molecule has 0 unspecified atom stereocenters. The quantitative estimate of drug-likeness (QED) is 0.416. The fraction of sp³-hybridized carbons (Fsp3) is 0.333. The van der Waals surface area contributed by atoms with E-state index in [-0.39, 0.29) is 8.88 Å². The van der Waals surface area contributed by atoms with Gasteiger partial charge in [-0.2, -0.15) is 9.34 Å². The highest BCUT2D eigenvalue weighted by atomic mass is 31.1. The minimum absolute atomic E-state index is 0.100. The lowest BCUT2D eigenvalue weighted by Gasteiger charge is -2.19. The molecule has 0 N–H and O–H groups in total. The normalized spacial score (nSPS) is 10.3. The van der Waals surface area contributed by atoms with Crippen LogP contribution in [0.5, 0.6) is 0 Å². The van der Waals surface area contributed by atoms with E-state index in [0.29, 0.717) is 0 Å². The lowest BCUT2D eigenvalue weighted by atomic mass is 10.5. The topological polar surface area (TPSA) is 6.48 Å². The van der Waals surface area contributed by atoms with E-state index >= 15 is 0 Å². The second-order valence-electron chi connectivity index (χ2n) is 3.18. The molecule has 0 saturated heterocycles. The Balaban J connectivity index is 4.15. The maximum absolute atomic E-state index is 3.76. The van der Waals surface area contributed by atoms with Gasteiger partial charge in [-0.25, -0.2) is 0 Å². The van der Waals surface area contributed by atoms with Crippen molar-refractivity contribution in [1.82, 2.24) is 9.34 Å². The molecule has 0 amide bonds. The summed E-state index contributed by atoms with van der Waals surface area (Å²) in [7, 11) is 0.100. The third kappa shape index (κ3) is 7.26. The number of hydrogen-bond donors (Lipinski definition) is 0. The van der Waals surface area contributed by atoms with Crippen molar-refractivity contribution in [2.24, 2.45) is 0 Å². The minimum atomic E-state index is 0.100. The summed E-state index contributed by atoms with van der Waals surface area (Å²) in [6.45, 7) is 18.7. The molecule has 0 aromatic rings. The predicted molar refractivity (Wildman–Crippen MR) is 73.6 cm³/mol. The van der Waals surface area contributed by atoms with Crippen LogP contribution in [0.2, 0.25) is 0 Å². The molecule has 0 rings (SSSR count). The molecule has 0 aromatic heterocycles. The summed E-state index contributed by atoms with van der Waals surface area (Å²) in [6, 6.07) is 0. The van der Waals surface area contributed by atoms with E-state index < -0.39 is 0 Å². The first kappa shape index (κ1) is 14.3. The van der Waals surface area contributed by atoms with E-state index in [4.69, 9.17) is 0 Å². The molecule has 0 fully saturated rings. The van der Waals surface area contributed by atoms with Gasteiger partial charge in [0.2, 0.25) is 0 Å². The fourth-order valence-corrected chi connectivity index (χ4v) is 2.67. The molecule has 0 spiro atoms. The third-order valence-electron chi connectivity index (χ3n) is 1.78. The Kier molecular flexibility index (Phi) is 9.40. The van der Waals surface area contributed by atoms with Crippen molar-refractivity contribution in [2.75, 3.05) is 26.2 Å². The van der Waals surface area contributed by atoms with E-state index in [1.54, 1.807) is 0 Å². The maximum atomic E-state index is 3.76. The monoisotopic (exact) mass is 225 g/mol. The molecule has 0 aromatic carbocycles. The summed E-state index contributed by atoms with van der Waals surface area (Å²) >= 11 is 0. The Morgan fingerprint density at radius 2 is 0.933 bits per heavy atom. The molecule has 0 radical (unpaired) electrons. The third-order valence-corrected chi connectivity index (χ3v) is 3.28. The molecule has 0 aliphatic rings. The molecular weight excluding hydrogens is 203 g/mol. The number of hydrogen-bond acceptors (Lipinski definition) is 2. The summed E-state index contributed by atoms with van der Waals surface area (Å²) in [5.41, 5.74) is 0. The van der Waals surface area contributed by atoms with Gasteiger partial charge in [-0.3, -0.25) is 0 Å². The van der Waals surface area contributed by atoms with Crippen LogP contribution in [0.1, 0.15) is 0 Å². The fourth-order valence-electron chi connectivity index (χ4n) is 1.23. The highest BCUT2D eigenvalue weighted by Gasteiger charge is 2.13. The lowest BCUT2D eigenvalue weighted by molar-refractivity contribution is 0.486. The Morgan fingerprint density at radius 1 is 0.667 bits per heavy atom. The summed E-state index contributed by atoms with van der Waals surface area (Å²) < 4.78 is 4.68. The summed E-state index contributed by atoms with van der Waals surface area (Å²) in [4.78, 5) is 0. The molecule has 0 aliphatic carbocycles. The highest BCUT2D eigenvalue weighted by molar-refractivity contribution is 7.32. The molecule has 0 saturated carbocycles. The molecule has 2 nitrogen and oxygen atoms in total. The second kappa shape index (κ2) is 9.85. The molecule has 3 heteroatoms. The molecule has 0 bridgehead atoms. The van der Waals surface area contributed by atoms with Crippen molar-refractivity contribution in [3.8, 4) is 0 Å². The predicted octanol–water partition coefficient (Wildman–Crippen LogP) is 2.58. The van der Waals surface area contributed by atoms with E-state index in [1.165, 1.54) is 0 Å². The summed E-state index contributed by atoms with van der Waals surface area (Å²) in [6.07, 6.45) is 7.71. The number of nitrogens with zero attached hydrogens (tertiary/aromatic N) is 2. The van der Waals surface area contributed by atoms with Crippen LogP contribution < -0.4 is 0 Å². The number of rotatable bonds is 10. The Morgan fingerprint density at radius 3 is 1.13 bits per heavy atom. The molecule has 15 heavy (non-hydrogen) atoms. The van der Waals surface area contributed by atoms with E-state index in [1.807, 2.05) is 24.3 Å². The standard InChI is InChI=1S/C12H21N2P/c1-5-9-13(10-6-2)15-14(11-7-3)12-8-4/h5-8,15H,1-4,9-12H2/p+1. The highest BCUT2D eigenvalue weighted by Crippen LogP contribution is 2.23. The van der Waals surface area contributed by atoms with E-state index in [2.05, 4.69) is 35.7 Å². The zero-order valence-electron chi connectivity index (χ0n) is 9.44. The SMILES string of the molecule is C=CCN(CC=C)[PH2+]N(CC=C)CC=C. The van der Waals surface area contributed by atoms with Crippen molar-refractivity contribution < 1.29 is 0 Å². The Labute approximate surface area is 95.5 Å². The van der Waals surface area contributed by atoms with Crippen molar-refractivity contribution >= 4 is 8.88 Å². The average molecular weight is 225 g/mol. The van der Waals surface area contributed by atoms with Crippen LogP contribution in [0.4, 0.5) is 0 Å². The van der Waals surface area contributed by atoms with Gasteiger partial charge < -0.3 is 0 Å². The van der Waals surface area contributed by atoms with Gasteiger partial charge in [0.1, 0.15) is 8.88 Å². The van der Waals surface area contributed by atoms with Gasteiger partial charge >= 0.3 is 0 Å². The van der Waals surface area contributed by atoms with Gasteiger partial charge in [-0.15, -0.1) is 26.3 Å². The van der Waals surface area contributed by atoms with Crippen LogP contribution in [0.25, 0.3) is 0 Å². The van der Waals surface area contributed by atoms with Crippen molar-refractivity contribution in [3.05, 3.63) is 50.6 Å². The smallest absolute Gasteiger partial charge is 0.127 e. The largest absolute Gasteiger partial charge is 0.160 e. The van der Waals surface area contributed by atoms with Crippen LogP contribution in [0.3, 0.4) is 0 Å². The van der Waals surface area contributed by atoms with Crippen LogP contribution in [0.15, 0.2) is 50.6 Å². The van der Waals surface area contributed by atoms with Crippen molar-refractivity contribution in [3.63, 3.8) is 0 Å². The molecular formula is C12H22N2P+. The first-order chi connectivity index (χ1) is 7.28. The zero-order valence-corrected chi connectivity index (χ0v) is 10.6. The van der Waals surface area contributed by atoms with Crippen molar-refractivity contribution in [2.45, 2.75) is 0 Å². The van der Waals surface area contributed by atoms with Gasteiger partial charge in [0.25, 0.3) is 0 Å². The Hall–Kier alpha value is -0.690. The van der Waals surface area contributed by atoms with Gasteiger partial charge in [0, 0.05) is 0 Å². The summed E-state index contributed by atoms with van der Waals surface area (Å²) in [5, 5.41) is 0. The zero-order chi connectivity index (χ0) is 11.5. The van der Waals surface area contributed by atoms with Gasteiger partial charge in [-0.1, -0.05) is 24.3 Å². The van der Waals surface area contributed by atoms with Gasteiger partial charge in [-0.05, 0) is 0 Å².